The van der Waals surface area contributed by atoms with E-state index in [0.29, 0.717) is 0 Å². The molecule has 3 nitrogen and oxygen atoms in total. The summed E-state index contributed by atoms with van der Waals surface area (Å²) in [7, 11) is 5.80. The highest BCUT2D eigenvalue weighted by Crippen LogP contribution is 2.39. The number of hydrogen-bond donors (Lipinski definition) is 0. The average molecular weight is 311 g/mol. The average Bonchev–Trinajstić information content (AvgIpc) is 2.53. The largest absolute Gasteiger partial charge is 0.496 e. The quantitative estimate of drug-likeness (QED) is 0.758. The van der Waals surface area contributed by atoms with Crippen molar-refractivity contribution in [3.63, 3.8) is 0 Å². The van der Waals surface area contributed by atoms with Gasteiger partial charge in [-0.1, -0.05) is 24.3 Å². The van der Waals surface area contributed by atoms with Crippen LogP contribution in [0.4, 0.5) is 0 Å². The second-order valence-corrected chi connectivity index (χ2v) is 6.14. The minimum Gasteiger partial charge on any atom is -0.496 e. The summed E-state index contributed by atoms with van der Waals surface area (Å²) in [5, 5.41) is 0. The molecule has 122 valence electrons. The zero-order valence-corrected chi connectivity index (χ0v) is 14.6. The molecule has 2 rings (SSSR count). The summed E-state index contributed by atoms with van der Waals surface area (Å²) in [6.07, 6.45) is 1.78. The number of hydrogen-bond acceptors (Lipinski definition) is 3. The van der Waals surface area contributed by atoms with E-state index < -0.39 is 0 Å². The lowest BCUT2D eigenvalue weighted by Gasteiger charge is -2.20. The van der Waals surface area contributed by atoms with Crippen LogP contribution in [0, 0.1) is 13.8 Å². The number of aryl methyl sites for hydroxylation is 1. The summed E-state index contributed by atoms with van der Waals surface area (Å²) in [5.74, 6) is 0.879. The van der Waals surface area contributed by atoms with Crippen LogP contribution < -0.4 is 4.74 Å². The van der Waals surface area contributed by atoms with Gasteiger partial charge < -0.3 is 9.64 Å². The fourth-order valence-electron chi connectivity index (χ4n) is 2.90. The third-order valence-electron chi connectivity index (χ3n) is 4.23. The number of carbonyl (C=O) groups excluding carboxylic acids is 1. The van der Waals surface area contributed by atoms with Crippen molar-refractivity contribution >= 4 is 6.29 Å². The summed E-state index contributed by atoms with van der Waals surface area (Å²) >= 11 is 0. The van der Waals surface area contributed by atoms with Gasteiger partial charge in [-0.15, -0.1) is 0 Å². The van der Waals surface area contributed by atoms with E-state index in [1.807, 2.05) is 39.2 Å². The number of benzene rings is 2. The summed E-state index contributed by atoms with van der Waals surface area (Å²) in [6.45, 7) is 4.98. The predicted octanol–water partition coefficient (Wildman–Crippen LogP) is 3.90. The lowest BCUT2D eigenvalue weighted by atomic mass is 9.89. The van der Waals surface area contributed by atoms with Crippen LogP contribution in [-0.4, -0.2) is 38.9 Å². The number of aldehydes is 1. The molecule has 0 fully saturated rings. The Hall–Kier alpha value is -2.13. The van der Waals surface area contributed by atoms with Crippen LogP contribution >= 0.6 is 0 Å². The number of rotatable bonds is 6. The smallest absolute Gasteiger partial charge is 0.150 e. The minimum atomic E-state index is 0.734. The van der Waals surface area contributed by atoms with Crippen molar-refractivity contribution in [3.05, 3.63) is 52.6 Å². The Morgan fingerprint density at radius 3 is 2.43 bits per heavy atom. The van der Waals surface area contributed by atoms with E-state index in [1.54, 1.807) is 7.11 Å². The molecule has 0 bridgehead atoms. The molecule has 0 aromatic heterocycles. The molecule has 0 aliphatic rings. The molecule has 0 saturated carbocycles. The molecule has 0 unspecified atom stereocenters. The molecule has 2 aromatic carbocycles. The van der Waals surface area contributed by atoms with Crippen molar-refractivity contribution in [2.45, 2.75) is 20.3 Å². The van der Waals surface area contributed by atoms with E-state index in [9.17, 15) is 4.79 Å². The third kappa shape index (κ3) is 3.62. The van der Waals surface area contributed by atoms with E-state index in [2.05, 4.69) is 24.0 Å². The first-order chi connectivity index (χ1) is 11.0. The van der Waals surface area contributed by atoms with Gasteiger partial charge >= 0.3 is 0 Å². The van der Waals surface area contributed by atoms with Crippen LogP contribution in [0.15, 0.2) is 30.3 Å². The van der Waals surface area contributed by atoms with Gasteiger partial charge in [-0.3, -0.25) is 4.79 Å². The molecule has 3 heteroatoms. The van der Waals surface area contributed by atoms with Crippen molar-refractivity contribution in [3.8, 4) is 16.9 Å². The Labute approximate surface area is 138 Å². The Morgan fingerprint density at radius 2 is 1.87 bits per heavy atom. The maximum atomic E-state index is 11.5. The number of ether oxygens (including phenoxy) is 1. The lowest BCUT2D eigenvalue weighted by molar-refractivity contribution is 0.112. The second kappa shape index (κ2) is 7.42. The van der Waals surface area contributed by atoms with E-state index in [0.717, 1.165) is 52.8 Å². The van der Waals surface area contributed by atoms with Gasteiger partial charge in [0.15, 0.2) is 0 Å². The standard InChI is InChI=1S/C20H25NO2/c1-14-8-6-7-9-18(14)19-15(2)17(13-22)12-16(20(19)23-5)10-11-21(3)4/h6-9,12-13H,10-11H2,1-5H3. The summed E-state index contributed by atoms with van der Waals surface area (Å²) in [4.78, 5) is 13.7. The van der Waals surface area contributed by atoms with Crippen molar-refractivity contribution in [1.82, 2.24) is 4.90 Å². The summed E-state index contributed by atoms with van der Waals surface area (Å²) in [5.41, 5.74) is 6.11. The molecule has 0 spiro atoms. The van der Waals surface area contributed by atoms with Gasteiger partial charge in [-0.2, -0.15) is 0 Å². The second-order valence-electron chi connectivity index (χ2n) is 6.14. The molecular weight excluding hydrogens is 286 g/mol. The maximum Gasteiger partial charge on any atom is 0.150 e. The van der Waals surface area contributed by atoms with Crippen molar-refractivity contribution < 1.29 is 9.53 Å². The molecule has 0 aliphatic carbocycles. The van der Waals surface area contributed by atoms with Gasteiger partial charge in [0.25, 0.3) is 0 Å². The number of likely N-dealkylation sites (N-methyl/N-ethyl adjacent to an activating group) is 1. The first kappa shape index (κ1) is 17.2. The van der Waals surface area contributed by atoms with Crippen LogP contribution in [0.2, 0.25) is 0 Å². The lowest BCUT2D eigenvalue weighted by Crippen LogP contribution is -2.16. The van der Waals surface area contributed by atoms with Crippen molar-refractivity contribution in [2.24, 2.45) is 0 Å². The molecule has 0 atom stereocenters. The zero-order chi connectivity index (χ0) is 17.0. The van der Waals surface area contributed by atoms with Crippen molar-refractivity contribution in [1.29, 1.82) is 0 Å². The topological polar surface area (TPSA) is 29.5 Å². The fourth-order valence-corrected chi connectivity index (χ4v) is 2.90. The molecular formula is C20H25NO2. The Balaban J connectivity index is 2.70. The SMILES string of the molecule is COc1c(CCN(C)C)cc(C=O)c(C)c1-c1ccccc1C. The first-order valence-corrected chi connectivity index (χ1v) is 7.86. The van der Waals surface area contributed by atoms with Gasteiger partial charge in [0, 0.05) is 17.7 Å². The van der Waals surface area contributed by atoms with Gasteiger partial charge in [0.2, 0.25) is 0 Å². The molecule has 0 amide bonds. The van der Waals surface area contributed by atoms with Gasteiger partial charge in [0.1, 0.15) is 12.0 Å². The summed E-state index contributed by atoms with van der Waals surface area (Å²) in [6, 6.07) is 10.2. The first-order valence-electron chi connectivity index (χ1n) is 7.86. The van der Waals surface area contributed by atoms with Crippen LogP contribution in [0.5, 0.6) is 5.75 Å². The Kier molecular flexibility index (Phi) is 5.56. The zero-order valence-electron chi connectivity index (χ0n) is 14.6. The maximum absolute atomic E-state index is 11.5. The van der Waals surface area contributed by atoms with E-state index in [-0.39, 0.29) is 0 Å². The highest BCUT2D eigenvalue weighted by Gasteiger charge is 2.18. The van der Waals surface area contributed by atoms with E-state index in [4.69, 9.17) is 4.74 Å². The third-order valence-corrected chi connectivity index (χ3v) is 4.23. The highest BCUT2D eigenvalue weighted by molar-refractivity contribution is 5.87. The van der Waals surface area contributed by atoms with Gasteiger partial charge in [-0.25, -0.2) is 0 Å². The van der Waals surface area contributed by atoms with Crippen LogP contribution in [0.3, 0.4) is 0 Å². The van der Waals surface area contributed by atoms with Gasteiger partial charge in [0.05, 0.1) is 7.11 Å². The molecule has 2 aromatic rings. The molecule has 0 radical (unpaired) electrons. The molecule has 0 heterocycles. The Morgan fingerprint density at radius 1 is 1.17 bits per heavy atom. The van der Waals surface area contributed by atoms with E-state index >= 15 is 0 Å². The normalized spacial score (nSPS) is 10.9. The molecule has 0 N–H and O–H groups in total. The highest BCUT2D eigenvalue weighted by atomic mass is 16.5. The number of methoxy groups -OCH3 is 1. The van der Waals surface area contributed by atoms with Crippen molar-refractivity contribution in [2.75, 3.05) is 27.7 Å². The minimum absolute atomic E-state index is 0.734. The van der Waals surface area contributed by atoms with E-state index in [1.165, 1.54) is 5.56 Å². The van der Waals surface area contributed by atoms with Crippen LogP contribution in [0.1, 0.15) is 27.0 Å². The monoisotopic (exact) mass is 311 g/mol. The number of nitrogens with zero attached hydrogens (tertiary/aromatic N) is 1. The molecule has 0 saturated heterocycles. The van der Waals surface area contributed by atoms with Crippen LogP contribution in [0.25, 0.3) is 11.1 Å². The number of carbonyl (C=O) groups is 1. The van der Waals surface area contributed by atoms with Crippen LogP contribution in [-0.2, 0) is 6.42 Å². The predicted molar refractivity (Wildman–Crippen MR) is 95.5 cm³/mol. The fraction of sp³-hybridized carbons (Fsp3) is 0.350. The molecule has 23 heavy (non-hydrogen) atoms. The van der Waals surface area contributed by atoms with Gasteiger partial charge in [-0.05, 0) is 62.7 Å². The molecule has 0 aliphatic heterocycles. The Bertz CT molecular complexity index is 705. The summed E-state index contributed by atoms with van der Waals surface area (Å²) < 4.78 is 5.76.